The van der Waals surface area contributed by atoms with Crippen molar-refractivity contribution >= 4 is 23.3 Å². The highest BCUT2D eigenvalue weighted by Gasteiger charge is 2.14. The van der Waals surface area contributed by atoms with Crippen LogP contribution in [0.25, 0.3) is 0 Å². The van der Waals surface area contributed by atoms with E-state index in [1.165, 1.54) is 23.1 Å². The molecular weight excluding hydrogens is 259 g/mol. The largest absolute Gasteiger partial charge is 0.395 e. The number of hydrogen-bond donors (Lipinski definition) is 2. The van der Waals surface area contributed by atoms with Crippen molar-refractivity contribution in [1.29, 1.82) is 0 Å². The number of nitrogens with zero attached hydrogens (tertiary/aromatic N) is 1. The van der Waals surface area contributed by atoms with Gasteiger partial charge in [-0.15, -0.1) is 0 Å². The van der Waals surface area contributed by atoms with E-state index in [4.69, 9.17) is 16.7 Å². The maximum atomic E-state index is 13.4. The first-order valence-electron chi connectivity index (χ1n) is 5.70. The average Bonchev–Trinajstić information content (AvgIpc) is 2.33. The van der Waals surface area contributed by atoms with Crippen molar-refractivity contribution < 1.29 is 14.3 Å². The predicted octanol–water partition coefficient (Wildman–Crippen LogP) is 2.72. The number of rotatable bonds is 5. The monoisotopic (exact) mass is 274 g/mol. The average molecular weight is 275 g/mol. The van der Waals surface area contributed by atoms with Gasteiger partial charge in [0.1, 0.15) is 5.82 Å². The van der Waals surface area contributed by atoms with E-state index in [0.29, 0.717) is 11.6 Å². The molecule has 0 radical (unpaired) electrons. The van der Waals surface area contributed by atoms with Gasteiger partial charge >= 0.3 is 6.03 Å². The summed E-state index contributed by atoms with van der Waals surface area (Å²) in [5.41, 5.74) is 0.0338. The number of carbonyl (C=O) groups is 1. The number of aliphatic hydroxyl groups is 1. The molecule has 0 unspecified atom stereocenters. The van der Waals surface area contributed by atoms with Crippen LogP contribution in [0.4, 0.5) is 14.9 Å². The Labute approximate surface area is 110 Å². The fraction of sp³-hybridized carbons (Fsp3) is 0.417. The number of carbonyl (C=O) groups excluding carboxylic acids is 1. The van der Waals surface area contributed by atoms with E-state index in [2.05, 4.69) is 5.32 Å². The van der Waals surface area contributed by atoms with E-state index in [1.54, 1.807) is 0 Å². The van der Waals surface area contributed by atoms with Crippen LogP contribution >= 0.6 is 11.6 Å². The minimum Gasteiger partial charge on any atom is -0.395 e. The molecule has 0 fully saturated rings. The molecule has 2 N–H and O–H groups in total. The molecule has 100 valence electrons. The van der Waals surface area contributed by atoms with E-state index in [0.717, 1.165) is 6.42 Å². The summed E-state index contributed by atoms with van der Waals surface area (Å²) in [5.74, 6) is -0.548. The summed E-state index contributed by atoms with van der Waals surface area (Å²) in [4.78, 5) is 13.3. The third-order valence-corrected chi connectivity index (χ3v) is 2.56. The predicted molar refractivity (Wildman–Crippen MR) is 69.4 cm³/mol. The van der Waals surface area contributed by atoms with Crippen molar-refractivity contribution in [1.82, 2.24) is 4.90 Å². The molecule has 0 spiro atoms. The zero-order valence-electron chi connectivity index (χ0n) is 10.1. The highest BCUT2D eigenvalue weighted by atomic mass is 35.5. The number of aliphatic hydroxyl groups excluding tert-OH is 1. The molecule has 0 aliphatic rings. The Balaban J connectivity index is 2.75. The fourth-order valence-corrected chi connectivity index (χ4v) is 1.67. The Hall–Kier alpha value is -1.33. The molecule has 0 saturated carbocycles. The minimum absolute atomic E-state index is 0.0338. The summed E-state index contributed by atoms with van der Waals surface area (Å²) < 4.78 is 13.4. The topological polar surface area (TPSA) is 52.6 Å². The summed E-state index contributed by atoms with van der Waals surface area (Å²) >= 11 is 5.73. The number of urea groups is 1. The van der Waals surface area contributed by atoms with Gasteiger partial charge in [-0.2, -0.15) is 0 Å². The van der Waals surface area contributed by atoms with Crippen molar-refractivity contribution in [3.8, 4) is 0 Å². The number of benzene rings is 1. The lowest BCUT2D eigenvalue weighted by Crippen LogP contribution is -2.37. The SMILES string of the molecule is CCCN(CCO)C(=O)Nc1cc(Cl)ccc1F. The highest BCUT2D eigenvalue weighted by molar-refractivity contribution is 6.30. The molecule has 0 aliphatic heterocycles. The molecule has 1 rings (SSSR count). The first kappa shape index (κ1) is 14.7. The lowest BCUT2D eigenvalue weighted by Gasteiger charge is -2.21. The quantitative estimate of drug-likeness (QED) is 0.867. The lowest BCUT2D eigenvalue weighted by molar-refractivity contribution is 0.188. The van der Waals surface area contributed by atoms with E-state index in [-0.39, 0.29) is 18.8 Å². The molecule has 0 atom stereocenters. The van der Waals surface area contributed by atoms with Gasteiger partial charge in [0, 0.05) is 18.1 Å². The lowest BCUT2D eigenvalue weighted by atomic mass is 10.3. The summed E-state index contributed by atoms with van der Waals surface area (Å²) in [6, 6.07) is 3.49. The van der Waals surface area contributed by atoms with Crippen molar-refractivity contribution in [3.63, 3.8) is 0 Å². The molecule has 0 aromatic heterocycles. The van der Waals surface area contributed by atoms with Crippen LogP contribution in [0.2, 0.25) is 5.02 Å². The van der Waals surface area contributed by atoms with Crippen molar-refractivity contribution in [2.24, 2.45) is 0 Å². The van der Waals surface area contributed by atoms with E-state index in [9.17, 15) is 9.18 Å². The maximum absolute atomic E-state index is 13.4. The van der Waals surface area contributed by atoms with Crippen LogP contribution in [0, 0.1) is 5.82 Å². The van der Waals surface area contributed by atoms with Crippen LogP contribution in [0.15, 0.2) is 18.2 Å². The molecule has 18 heavy (non-hydrogen) atoms. The molecule has 0 bridgehead atoms. The zero-order valence-corrected chi connectivity index (χ0v) is 10.9. The summed E-state index contributed by atoms with van der Waals surface area (Å²) in [5, 5.41) is 11.6. The van der Waals surface area contributed by atoms with Gasteiger partial charge < -0.3 is 15.3 Å². The maximum Gasteiger partial charge on any atom is 0.322 e. The van der Waals surface area contributed by atoms with Crippen LogP contribution in [-0.2, 0) is 0 Å². The van der Waals surface area contributed by atoms with Crippen LogP contribution in [-0.4, -0.2) is 35.7 Å². The van der Waals surface area contributed by atoms with Gasteiger partial charge in [-0.25, -0.2) is 9.18 Å². The zero-order chi connectivity index (χ0) is 13.5. The van der Waals surface area contributed by atoms with Crippen LogP contribution in [0.1, 0.15) is 13.3 Å². The van der Waals surface area contributed by atoms with Gasteiger partial charge in [-0.05, 0) is 24.6 Å². The molecule has 0 aliphatic carbocycles. The van der Waals surface area contributed by atoms with Crippen LogP contribution < -0.4 is 5.32 Å². The number of halogens is 2. The Morgan fingerprint density at radius 2 is 2.22 bits per heavy atom. The minimum atomic E-state index is -0.548. The van der Waals surface area contributed by atoms with Crippen molar-refractivity contribution in [2.75, 3.05) is 25.0 Å². The van der Waals surface area contributed by atoms with Gasteiger partial charge in [0.2, 0.25) is 0 Å². The second kappa shape index (κ2) is 7.18. The Bertz CT molecular complexity index is 409. The van der Waals surface area contributed by atoms with Gasteiger partial charge in [-0.1, -0.05) is 18.5 Å². The van der Waals surface area contributed by atoms with Crippen LogP contribution in [0.3, 0.4) is 0 Å². The third kappa shape index (κ3) is 4.16. The standard InChI is InChI=1S/C12H16ClFN2O2/c1-2-5-16(6-7-17)12(18)15-11-8-9(13)3-4-10(11)14/h3-4,8,17H,2,5-7H2,1H3,(H,15,18). The Morgan fingerprint density at radius 1 is 1.50 bits per heavy atom. The number of nitrogens with one attached hydrogen (secondary N) is 1. The normalized spacial score (nSPS) is 10.2. The van der Waals surface area contributed by atoms with Crippen molar-refractivity contribution in [2.45, 2.75) is 13.3 Å². The first-order valence-corrected chi connectivity index (χ1v) is 6.08. The number of hydrogen-bond acceptors (Lipinski definition) is 2. The summed E-state index contributed by atoms with van der Waals surface area (Å²) in [7, 11) is 0. The van der Waals surface area contributed by atoms with E-state index in [1.807, 2.05) is 6.92 Å². The second-order valence-corrected chi connectivity index (χ2v) is 4.20. The highest BCUT2D eigenvalue weighted by Crippen LogP contribution is 2.19. The molecule has 0 saturated heterocycles. The molecular formula is C12H16ClFN2O2. The van der Waals surface area contributed by atoms with E-state index < -0.39 is 11.8 Å². The van der Waals surface area contributed by atoms with Gasteiger partial charge in [-0.3, -0.25) is 0 Å². The number of amides is 2. The van der Waals surface area contributed by atoms with Crippen LogP contribution in [0.5, 0.6) is 0 Å². The summed E-state index contributed by atoms with van der Waals surface area (Å²) in [6.07, 6.45) is 0.755. The smallest absolute Gasteiger partial charge is 0.322 e. The molecule has 0 heterocycles. The molecule has 6 heteroatoms. The molecule has 4 nitrogen and oxygen atoms in total. The van der Waals surface area contributed by atoms with Gasteiger partial charge in [0.05, 0.1) is 12.3 Å². The van der Waals surface area contributed by atoms with Gasteiger partial charge in [0.15, 0.2) is 0 Å². The molecule has 1 aromatic carbocycles. The fourth-order valence-electron chi connectivity index (χ4n) is 1.49. The Kier molecular flexibility index (Phi) is 5.88. The first-order chi connectivity index (χ1) is 8.58. The Morgan fingerprint density at radius 3 is 2.83 bits per heavy atom. The summed E-state index contributed by atoms with van der Waals surface area (Å²) in [6.45, 7) is 2.49. The van der Waals surface area contributed by atoms with Gasteiger partial charge in [0.25, 0.3) is 0 Å². The molecule has 2 amide bonds. The van der Waals surface area contributed by atoms with Crippen molar-refractivity contribution in [3.05, 3.63) is 29.0 Å². The van der Waals surface area contributed by atoms with E-state index >= 15 is 0 Å². The third-order valence-electron chi connectivity index (χ3n) is 2.32. The second-order valence-electron chi connectivity index (χ2n) is 3.76. The molecule has 1 aromatic rings. The number of anilines is 1.